The highest BCUT2D eigenvalue weighted by Gasteiger charge is 2.31. The number of aryl methyl sites for hydroxylation is 1. The van der Waals surface area contributed by atoms with Crippen LogP contribution in [0, 0.1) is 6.92 Å². The fourth-order valence-electron chi connectivity index (χ4n) is 1.07. The SMILES string of the molecule is Cc1csc(N(CCO)CC(F)(F)F)n1. The zero-order valence-corrected chi connectivity index (χ0v) is 8.90. The van der Waals surface area contributed by atoms with Gasteiger partial charge in [0.15, 0.2) is 5.13 Å². The van der Waals surface area contributed by atoms with E-state index in [0.717, 1.165) is 16.2 Å². The molecular weight excluding hydrogens is 229 g/mol. The smallest absolute Gasteiger partial charge is 0.395 e. The third-order valence-electron chi connectivity index (χ3n) is 1.62. The van der Waals surface area contributed by atoms with Gasteiger partial charge < -0.3 is 10.0 Å². The van der Waals surface area contributed by atoms with Crippen molar-refractivity contribution in [3.63, 3.8) is 0 Å². The minimum atomic E-state index is -4.28. The second-order valence-corrected chi connectivity index (χ2v) is 3.87. The molecule has 0 saturated heterocycles. The summed E-state index contributed by atoms with van der Waals surface area (Å²) in [5, 5.41) is 10.6. The molecule has 0 bridgehead atoms. The zero-order valence-electron chi connectivity index (χ0n) is 8.08. The van der Waals surface area contributed by atoms with Gasteiger partial charge in [-0.15, -0.1) is 11.3 Å². The standard InChI is InChI=1S/C8H11F3N2OS/c1-6-4-15-7(12-6)13(2-3-14)5-8(9,10)11/h4,14H,2-3,5H2,1H3. The lowest BCUT2D eigenvalue weighted by atomic mass is 10.5. The Bertz CT molecular complexity index is 313. The molecule has 0 fully saturated rings. The Balaban J connectivity index is 2.74. The Hall–Kier alpha value is -0.820. The van der Waals surface area contributed by atoms with Crippen LogP contribution in [0.2, 0.25) is 0 Å². The highest BCUT2D eigenvalue weighted by Crippen LogP contribution is 2.24. The fraction of sp³-hybridized carbons (Fsp3) is 0.625. The molecule has 0 atom stereocenters. The maximum atomic E-state index is 12.2. The summed E-state index contributed by atoms with van der Waals surface area (Å²) in [7, 11) is 0. The molecule has 1 N–H and O–H groups in total. The minimum Gasteiger partial charge on any atom is -0.395 e. The van der Waals surface area contributed by atoms with Crippen molar-refractivity contribution in [3.8, 4) is 0 Å². The first kappa shape index (κ1) is 12.3. The van der Waals surface area contributed by atoms with E-state index in [1.165, 1.54) is 0 Å². The maximum absolute atomic E-state index is 12.2. The second-order valence-electron chi connectivity index (χ2n) is 3.03. The van der Waals surface area contributed by atoms with E-state index in [-0.39, 0.29) is 13.2 Å². The summed E-state index contributed by atoms with van der Waals surface area (Å²) in [4.78, 5) is 4.97. The van der Waals surface area contributed by atoms with E-state index in [2.05, 4.69) is 4.98 Å². The number of thiazole rings is 1. The number of halogens is 3. The van der Waals surface area contributed by atoms with Gasteiger partial charge >= 0.3 is 6.18 Å². The van der Waals surface area contributed by atoms with E-state index in [9.17, 15) is 13.2 Å². The summed E-state index contributed by atoms with van der Waals surface area (Å²) >= 11 is 1.14. The lowest BCUT2D eigenvalue weighted by Gasteiger charge is -2.21. The van der Waals surface area contributed by atoms with Gasteiger partial charge in [-0.3, -0.25) is 0 Å². The number of hydrogen-bond acceptors (Lipinski definition) is 4. The summed E-state index contributed by atoms with van der Waals surface area (Å²) in [6.45, 7) is 0.242. The van der Waals surface area contributed by atoms with Crippen molar-refractivity contribution in [1.29, 1.82) is 0 Å². The second kappa shape index (κ2) is 4.80. The number of hydrogen-bond donors (Lipinski definition) is 1. The van der Waals surface area contributed by atoms with E-state index < -0.39 is 12.7 Å². The topological polar surface area (TPSA) is 36.4 Å². The van der Waals surface area contributed by atoms with Crippen molar-refractivity contribution in [2.45, 2.75) is 13.1 Å². The van der Waals surface area contributed by atoms with Crippen LogP contribution in [0.5, 0.6) is 0 Å². The van der Waals surface area contributed by atoms with Crippen molar-refractivity contribution in [3.05, 3.63) is 11.1 Å². The molecule has 1 rings (SSSR count). The largest absolute Gasteiger partial charge is 0.406 e. The number of aromatic nitrogens is 1. The molecule has 15 heavy (non-hydrogen) atoms. The molecule has 0 amide bonds. The summed E-state index contributed by atoms with van der Waals surface area (Å²) in [5.41, 5.74) is 0.681. The molecule has 0 aliphatic carbocycles. The van der Waals surface area contributed by atoms with Crippen LogP contribution in [0.4, 0.5) is 18.3 Å². The molecule has 0 saturated carbocycles. The van der Waals surface area contributed by atoms with Gasteiger partial charge in [0.1, 0.15) is 6.54 Å². The van der Waals surface area contributed by atoms with Crippen molar-refractivity contribution >= 4 is 16.5 Å². The lowest BCUT2D eigenvalue weighted by molar-refractivity contribution is -0.119. The number of alkyl halides is 3. The predicted octanol–water partition coefficient (Wildman–Crippen LogP) is 1.81. The Morgan fingerprint density at radius 2 is 2.20 bits per heavy atom. The quantitative estimate of drug-likeness (QED) is 0.872. The number of aliphatic hydroxyl groups is 1. The highest BCUT2D eigenvalue weighted by molar-refractivity contribution is 7.13. The Morgan fingerprint density at radius 1 is 1.53 bits per heavy atom. The molecule has 0 aliphatic heterocycles. The minimum absolute atomic E-state index is 0.0630. The Kier molecular flexibility index (Phi) is 3.92. The molecule has 0 unspecified atom stereocenters. The normalized spacial score (nSPS) is 11.8. The van der Waals surface area contributed by atoms with Crippen LogP contribution in [0.15, 0.2) is 5.38 Å². The van der Waals surface area contributed by atoms with E-state index in [1.807, 2.05) is 0 Å². The average Bonchev–Trinajstić information content (AvgIpc) is 2.48. The molecule has 86 valence electrons. The Morgan fingerprint density at radius 3 is 2.60 bits per heavy atom. The third-order valence-corrected chi connectivity index (χ3v) is 2.64. The number of aliphatic hydroxyl groups excluding tert-OH is 1. The van der Waals surface area contributed by atoms with Gasteiger partial charge in [0.25, 0.3) is 0 Å². The number of rotatable bonds is 4. The van der Waals surface area contributed by atoms with Crippen molar-refractivity contribution in [2.75, 3.05) is 24.6 Å². The molecule has 1 aromatic rings. The first-order chi connectivity index (χ1) is 6.92. The van der Waals surface area contributed by atoms with Crippen LogP contribution in [-0.4, -0.2) is 36.0 Å². The molecule has 0 aliphatic rings. The lowest BCUT2D eigenvalue weighted by Crippen LogP contribution is -2.36. The molecule has 3 nitrogen and oxygen atoms in total. The summed E-state index contributed by atoms with van der Waals surface area (Å²) in [6.07, 6.45) is -4.28. The third kappa shape index (κ3) is 4.05. The number of anilines is 1. The van der Waals surface area contributed by atoms with Crippen LogP contribution < -0.4 is 4.90 Å². The van der Waals surface area contributed by atoms with Crippen molar-refractivity contribution in [2.24, 2.45) is 0 Å². The molecular formula is C8H11F3N2OS. The van der Waals surface area contributed by atoms with Crippen LogP contribution in [-0.2, 0) is 0 Å². The Labute approximate surface area is 89.2 Å². The molecule has 0 aromatic carbocycles. The molecule has 1 heterocycles. The summed E-state index contributed by atoms with van der Waals surface area (Å²) < 4.78 is 36.5. The van der Waals surface area contributed by atoms with Gasteiger partial charge in [0.2, 0.25) is 0 Å². The molecule has 7 heteroatoms. The average molecular weight is 240 g/mol. The van der Waals surface area contributed by atoms with E-state index in [4.69, 9.17) is 5.11 Å². The highest BCUT2D eigenvalue weighted by atomic mass is 32.1. The van der Waals surface area contributed by atoms with Crippen molar-refractivity contribution in [1.82, 2.24) is 4.98 Å². The van der Waals surface area contributed by atoms with Gasteiger partial charge in [0, 0.05) is 11.9 Å². The zero-order chi connectivity index (χ0) is 11.5. The van der Waals surface area contributed by atoms with Crippen LogP contribution in [0.25, 0.3) is 0 Å². The van der Waals surface area contributed by atoms with Gasteiger partial charge in [-0.2, -0.15) is 13.2 Å². The number of nitrogens with zero attached hydrogens (tertiary/aromatic N) is 2. The molecule has 1 aromatic heterocycles. The molecule has 0 spiro atoms. The van der Waals surface area contributed by atoms with Crippen LogP contribution in [0.1, 0.15) is 5.69 Å². The van der Waals surface area contributed by atoms with E-state index in [0.29, 0.717) is 10.8 Å². The molecule has 0 radical (unpaired) electrons. The fourth-order valence-corrected chi connectivity index (χ4v) is 1.90. The monoisotopic (exact) mass is 240 g/mol. The predicted molar refractivity (Wildman–Crippen MR) is 52.2 cm³/mol. The summed E-state index contributed by atoms with van der Waals surface area (Å²) in [6, 6.07) is 0. The van der Waals surface area contributed by atoms with E-state index in [1.54, 1.807) is 12.3 Å². The first-order valence-electron chi connectivity index (χ1n) is 4.27. The van der Waals surface area contributed by atoms with Gasteiger partial charge in [0.05, 0.1) is 12.3 Å². The van der Waals surface area contributed by atoms with Crippen LogP contribution >= 0.6 is 11.3 Å². The summed E-state index contributed by atoms with van der Waals surface area (Å²) in [5.74, 6) is 0. The van der Waals surface area contributed by atoms with Gasteiger partial charge in [-0.05, 0) is 6.92 Å². The van der Waals surface area contributed by atoms with Crippen LogP contribution in [0.3, 0.4) is 0 Å². The maximum Gasteiger partial charge on any atom is 0.406 e. The van der Waals surface area contributed by atoms with E-state index >= 15 is 0 Å². The van der Waals surface area contributed by atoms with Crippen molar-refractivity contribution < 1.29 is 18.3 Å². The van der Waals surface area contributed by atoms with Gasteiger partial charge in [-0.25, -0.2) is 4.98 Å². The first-order valence-corrected chi connectivity index (χ1v) is 5.15. The van der Waals surface area contributed by atoms with Gasteiger partial charge in [-0.1, -0.05) is 0 Å².